The van der Waals surface area contributed by atoms with Crippen molar-refractivity contribution in [3.05, 3.63) is 95.9 Å². The van der Waals surface area contributed by atoms with Crippen molar-refractivity contribution in [2.75, 3.05) is 13.2 Å². The lowest BCUT2D eigenvalue weighted by Crippen LogP contribution is -2.49. The minimum Gasteiger partial charge on any atom is -0.482 e. The molecule has 198 valence electrons. The van der Waals surface area contributed by atoms with E-state index in [1.54, 1.807) is 6.92 Å². The Morgan fingerprint density at radius 3 is 2.44 bits per heavy atom. The second kappa shape index (κ2) is 10.8. The van der Waals surface area contributed by atoms with Crippen molar-refractivity contribution in [2.24, 2.45) is 0 Å². The van der Waals surface area contributed by atoms with Gasteiger partial charge in [0.2, 0.25) is 11.8 Å². The normalized spacial score (nSPS) is 18.3. The smallest absolute Gasteiger partial charge is 0.344 e. The number of amides is 1. The van der Waals surface area contributed by atoms with Crippen LogP contribution in [0, 0.1) is 0 Å². The molecule has 39 heavy (non-hydrogen) atoms. The highest BCUT2D eigenvalue weighted by Gasteiger charge is 2.46. The van der Waals surface area contributed by atoms with Crippen LogP contribution in [0.25, 0.3) is 22.6 Å². The van der Waals surface area contributed by atoms with Gasteiger partial charge in [-0.3, -0.25) is 4.79 Å². The summed E-state index contributed by atoms with van der Waals surface area (Å²) in [7, 11) is 0. The van der Waals surface area contributed by atoms with Gasteiger partial charge in [-0.05, 0) is 43.4 Å². The predicted molar refractivity (Wildman–Crippen MR) is 146 cm³/mol. The molecular formula is C32H30N2O5. The quantitative estimate of drug-likeness (QED) is 0.199. The maximum atomic E-state index is 13.1. The number of hydrogen-bond donors (Lipinski definition) is 0. The van der Waals surface area contributed by atoms with Crippen LogP contribution >= 0.6 is 0 Å². The van der Waals surface area contributed by atoms with E-state index in [1.165, 1.54) is 0 Å². The number of hydrogen-bond acceptors (Lipinski definition) is 6. The minimum atomic E-state index is -0.396. The number of rotatable bonds is 8. The van der Waals surface area contributed by atoms with Crippen molar-refractivity contribution in [3.63, 3.8) is 0 Å². The Labute approximate surface area is 227 Å². The van der Waals surface area contributed by atoms with Crippen molar-refractivity contribution >= 4 is 11.9 Å². The fourth-order valence-electron chi connectivity index (χ4n) is 5.64. The molecule has 0 radical (unpaired) electrons. The molecule has 1 aromatic heterocycles. The predicted octanol–water partition coefficient (Wildman–Crippen LogP) is 6.30. The molecule has 0 spiro atoms. The molecule has 2 unspecified atom stereocenters. The number of benzene rings is 3. The average Bonchev–Trinajstić information content (AvgIpc) is 3.41. The molecule has 0 N–H and O–H groups in total. The van der Waals surface area contributed by atoms with Gasteiger partial charge >= 0.3 is 5.97 Å². The summed E-state index contributed by atoms with van der Waals surface area (Å²) < 4.78 is 17.3. The number of ether oxygens (including phenoxy) is 2. The molecule has 1 amide bonds. The van der Waals surface area contributed by atoms with Crippen LogP contribution in [0.4, 0.5) is 0 Å². The van der Waals surface area contributed by atoms with Crippen LogP contribution in [0.5, 0.6) is 5.75 Å². The molecule has 6 rings (SSSR count). The molecular weight excluding hydrogens is 492 g/mol. The van der Waals surface area contributed by atoms with Crippen LogP contribution in [-0.2, 0) is 20.7 Å². The molecule has 4 aromatic rings. The number of esters is 1. The maximum absolute atomic E-state index is 13.1. The number of fused-ring (bicyclic) bond motifs is 1. The molecule has 1 aliphatic carbocycles. The number of nitrogens with zero attached hydrogens (tertiary/aromatic N) is 2. The van der Waals surface area contributed by atoms with Crippen LogP contribution in [0.1, 0.15) is 55.3 Å². The zero-order valence-electron chi connectivity index (χ0n) is 21.8. The van der Waals surface area contributed by atoms with Crippen molar-refractivity contribution in [3.8, 4) is 28.3 Å². The summed E-state index contributed by atoms with van der Waals surface area (Å²) in [6.45, 7) is 1.95. The van der Waals surface area contributed by atoms with E-state index in [0.29, 0.717) is 30.4 Å². The molecule has 2 atom stereocenters. The summed E-state index contributed by atoms with van der Waals surface area (Å²) in [6, 6.07) is 25.4. The van der Waals surface area contributed by atoms with E-state index in [-0.39, 0.29) is 24.6 Å². The summed E-state index contributed by atoms with van der Waals surface area (Å²) in [6.07, 6.45) is 2.93. The summed E-state index contributed by atoms with van der Waals surface area (Å²) in [4.78, 5) is 31.8. The van der Waals surface area contributed by atoms with Crippen molar-refractivity contribution in [2.45, 2.75) is 44.7 Å². The largest absolute Gasteiger partial charge is 0.482 e. The van der Waals surface area contributed by atoms with Crippen LogP contribution in [0.3, 0.4) is 0 Å². The van der Waals surface area contributed by atoms with Gasteiger partial charge in [-0.2, -0.15) is 0 Å². The molecule has 3 aromatic carbocycles. The number of carbonyl (C=O) groups is 2. The number of likely N-dealkylation sites (tertiary alicyclic amines) is 1. The second-order valence-corrected chi connectivity index (χ2v) is 9.81. The molecule has 7 nitrogen and oxygen atoms in total. The fraction of sp³-hybridized carbons (Fsp3) is 0.281. The van der Waals surface area contributed by atoms with E-state index in [4.69, 9.17) is 18.9 Å². The minimum absolute atomic E-state index is 0.0800. The number of aromatic nitrogens is 1. The highest BCUT2D eigenvalue weighted by atomic mass is 16.6. The zero-order valence-corrected chi connectivity index (χ0v) is 21.8. The summed E-state index contributed by atoms with van der Waals surface area (Å²) in [5.41, 5.74) is 4.78. The van der Waals surface area contributed by atoms with Gasteiger partial charge in [0.15, 0.2) is 12.4 Å². The van der Waals surface area contributed by atoms with Crippen LogP contribution in [0.15, 0.2) is 83.3 Å². The molecule has 1 fully saturated rings. The lowest BCUT2D eigenvalue weighted by atomic mass is 9.83. The monoisotopic (exact) mass is 522 g/mol. The molecule has 1 saturated heterocycles. The standard InChI is InChI=1S/C32H30N2O5/c1-2-37-29(36)20-38-27-18-10-15-23-24(27)16-9-17-25(23)34-26(19-28(34)35)32-33-30(21-11-5-3-6-12-21)31(39-32)22-13-7-4-8-14-22/h3-8,10-15,18,25-26H,2,9,16-17,19-20H2,1H3. The topological polar surface area (TPSA) is 81.9 Å². The maximum Gasteiger partial charge on any atom is 0.344 e. The van der Waals surface area contributed by atoms with E-state index in [1.807, 2.05) is 77.7 Å². The fourth-order valence-corrected chi connectivity index (χ4v) is 5.64. The van der Waals surface area contributed by atoms with Gasteiger partial charge in [-0.1, -0.05) is 72.8 Å². The van der Waals surface area contributed by atoms with Gasteiger partial charge in [0, 0.05) is 11.1 Å². The van der Waals surface area contributed by atoms with E-state index in [0.717, 1.165) is 47.2 Å². The van der Waals surface area contributed by atoms with Gasteiger partial charge < -0.3 is 18.8 Å². The molecule has 0 saturated carbocycles. The third-order valence-corrected chi connectivity index (χ3v) is 7.42. The Hall–Kier alpha value is -4.39. The molecule has 2 heterocycles. The SMILES string of the molecule is CCOC(=O)COc1cccc2c1CCCC2N1C(=O)CC1c1nc(-c2ccccc2)c(-c2ccccc2)o1. The molecule has 0 bridgehead atoms. The summed E-state index contributed by atoms with van der Waals surface area (Å²) >= 11 is 0. The van der Waals surface area contributed by atoms with Gasteiger partial charge in [0.25, 0.3) is 0 Å². The Morgan fingerprint density at radius 1 is 0.974 bits per heavy atom. The van der Waals surface area contributed by atoms with Crippen molar-refractivity contribution < 1.29 is 23.5 Å². The Kier molecular flexibility index (Phi) is 6.88. The van der Waals surface area contributed by atoms with Gasteiger partial charge in [0.1, 0.15) is 17.5 Å². The van der Waals surface area contributed by atoms with E-state index >= 15 is 0 Å². The van der Waals surface area contributed by atoms with Gasteiger partial charge in [-0.15, -0.1) is 0 Å². The van der Waals surface area contributed by atoms with E-state index in [2.05, 4.69) is 6.07 Å². The van der Waals surface area contributed by atoms with Crippen molar-refractivity contribution in [1.29, 1.82) is 0 Å². The number of oxazole rings is 1. The van der Waals surface area contributed by atoms with E-state index < -0.39 is 5.97 Å². The lowest BCUT2D eigenvalue weighted by Gasteiger charge is -2.46. The second-order valence-electron chi connectivity index (χ2n) is 9.81. The van der Waals surface area contributed by atoms with Crippen LogP contribution < -0.4 is 4.74 Å². The van der Waals surface area contributed by atoms with Gasteiger partial charge in [-0.25, -0.2) is 9.78 Å². The third-order valence-electron chi connectivity index (χ3n) is 7.42. The molecule has 1 aliphatic heterocycles. The van der Waals surface area contributed by atoms with E-state index in [9.17, 15) is 9.59 Å². The number of carbonyl (C=O) groups excluding carboxylic acids is 2. The van der Waals surface area contributed by atoms with Crippen molar-refractivity contribution in [1.82, 2.24) is 9.88 Å². The van der Waals surface area contributed by atoms with Gasteiger partial charge in [0.05, 0.1) is 19.1 Å². The molecule has 2 aliphatic rings. The number of β-lactam (4-membered cyclic amide) rings is 1. The van der Waals surface area contributed by atoms with Crippen LogP contribution in [0.2, 0.25) is 0 Å². The first-order valence-electron chi connectivity index (χ1n) is 13.5. The third kappa shape index (κ3) is 4.80. The first-order chi connectivity index (χ1) is 19.1. The Morgan fingerprint density at radius 2 is 1.72 bits per heavy atom. The average molecular weight is 523 g/mol. The summed E-state index contributed by atoms with van der Waals surface area (Å²) in [5, 5.41) is 0. The zero-order chi connectivity index (χ0) is 26.8. The van der Waals surface area contributed by atoms with Crippen LogP contribution in [-0.4, -0.2) is 35.0 Å². The first kappa shape index (κ1) is 24.9. The Balaban J connectivity index is 1.32. The molecule has 7 heteroatoms. The first-order valence-corrected chi connectivity index (χ1v) is 13.5. The lowest BCUT2D eigenvalue weighted by molar-refractivity contribution is -0.152. The highest BCUT2D eigenvalue weighted by Crippen LogP contribution is 2.48. The Bertz CT molecular complexity index is 1420. The highest BCUT2D eigenvalue weighted by molar-refractivity contribution is 5.84. The summed E-state index contributed by atoms with van der Waals surface area (Å²) in [5.74, 6) is 1.61.